The van der Waals surface area contributed by atoms with Crippen LogP contribution in [0.3, 0.4) is 0 Å². The van der Waals surface area contributed by atoms with E-state index < -0.39 is 7.92 Å². The fraction of sp³-hybridized carbons (Fsp3) is 0.0526. The van der Waals surface area contributed by atoms with Crippen LogP contribution in [-0.2, 0) is 0 Å². The van der Waals surface area contributed by atoms with Crippen molar-refractivity contribution < 1.29 is 0 Å². The zero-order chi connectivity index (χ0) is 13.1. The van der Waals surface area contributed by atoms with Crippen molar-refractivity contribution in [2.24, 2.45) is 0 Å². The van der Waals surface area contributed by atoms with Crippen LogP contribution in [-0.4, -0.2) is 0 Å². The van der Waals surface area contributed by atoms with Crippen LogP contribution in [0.15, 0.2) is 72.8 Å². The predicted molar refractivity (Wildman–Crippen MR) is 87.5 cm³/mol. The molecule has 0 atom stereocenters. The highest BCUT2D eigenvalue weighted by molar-refractivity contribution is 7.80. The van der Waals surface area contributed by atoms with Gasteiger partial charge in [0.25, 0.3) is 0 Å². The minimum Gasteiger partial charge on any atom is -0.0617 e. The van der Waals surface area contributed by atoms with Crippen LogP contribution < -0.4 is 15.9 Å². The van der Waals surface area contributed by atoms with E-state index in [1.165, 1.54) is 0 Å². The SMILES string of the molecule is c1ccc2c(c1)C1c3ccccc3[PH+]2c2ccccc21. The van der Waals surface area contributed by atoms with E-state index in [4.69, 9.17) is 0 Å². The van der Waals surface area contributed by atoms with E-state index >= 15 is 0 Å². The third-order valence-electron chi connectivity index (χ3n) is 4.62. The first-order valence-corrected chi connectivity index (χ1v) is 8.60. The Hall–Kier alpha value is -1.91. The minimum absolute atomic E-state index is 0.445. The molecule has 0 saturated heterocycles. The summed E-state index contributed by atoms with van der Waals surface area (Å²) < 4.78 is 0. The van der Waals surface area contributed by atoms with E-state index in [-0.39, 0.29) is 0 Å². The largest absolute Gasteiger partial charge is 0.106 e. The van der Waals surface area contributed by atoms with Crippen molar-refractivity contribution >= 4 is 23.8 Å². The van der Waals surface area contributed by atoms with Crippen molar-refractivity contribution in [2.75, 3.05) is 0 Å². The van der Waals surface area contributed by atoms with Crippen LogP contribution in [0.4, 0.5) is 0 Å². The minimum atomic E-state index is -0.792. The predicted octanol–water partition coefficient (Wildman–Crippen LogP) is 2.98. The molecule has 0 N–H and O–H groups in total. The van der Waals surface area contributed by atoms with Crippen molar-refractivity contribution in [3.8, 4) is 0 Å². The summed E-state index contributed by atoms with van der Waals surface area (Å²) in [6, 6.07) is 27.2. The molecule has 94 valence electrons. The second-order valence-corrected chi connectivity index (χ2v) is 7.94. The molecule has 3 aliphatic heterocycles. The fourth-order valence-electron chi connectivity index (χ4n) is 3.87. The highest BCUT2D eigenvalue weighted by Gasteiger charge is 2.46. The zero-order valence-electron chi connectivity index (χ0n) is 11.0. The van der Waals surface area contributed by atoms with E-state index in [0.29, 0.717) is 5.92 Å². The van der Waals surface area contributed by atoms with Crippen molar-refractivity contribution in [1.82, 2.24) is 0 Å². The van der Waals surface area contributed by atoms with E-state index in [1.54, 1.807) is 32.6 Å². The van der Waals surface area contributed by atoms with Crippen LogP contribution in [0.25, 0.3) is 0 Å². The molecule has 0 saturated carbocycles. The van der Waals surface area contributed by atoms with Gasteiger partial charge in [0.05, 0.1) is 7.92 Å². The molecular weight excluding hydrogens is 259 g/mol. The summed E-state index contributed by atoms with van der Waals surface area (Å²) in [6.45, 7) is 0. The van der Waals surface area contributed by atoms with Gasteiger partial charge in [-0.25, -0.2) is 0 Å². The molecule has 1 heteroatoms. The number of rotatable bonds is 0. The highest BCUT2D eigenvalue weighted by Crippen LogP contribution is 2.52. The summed E-state index contributed by atoms with van der Waals surface area (Å²) >= 11 is 0. The highest BCUT2D eigenvalue weighted by atomic mass is 31.1. The van der Waals surface area contributed by atoms with E-state index in [9.17, 15) is 0 Å². The standard InChI is InChI=1S/C19H13P/c1-4-10-16-13(7-1)19-14-8-2-5-11-17(14)20(16)18-12-6-3-9-15(18)19/h1-12,19H/p+1. The number of hydrogen-bond acceptors (Lipinski definition) is 0. The van der Waals surface area contributed by atoms with E-state index in [2.05, 4.69) is 72.8 Å². The lowest BCUT2D eigenvalue weighted by Crippen LogP contribution is -2.40. The molecule has 0 aliphatic carbocycles. The fourth-order valence-corrected chi connectivity index (χ4v) is 7.08. The van der Waals surface area contributed by atoms with Crippen molar-refractivity contribution in [1.29, 1.82) is 0 Å². The molecule has 3 aromatic carbocycles. The van der Waals surface area contributed by atoms with E-state index in [0.717, 1.165) is 0 Å². The van der Waals surface area contributed by atoms with Crippen LogP contribution in [0.5, 0.6) is 0 Å². The molecule has 2 bridgehead atoms. The Morgan fingerprint density at radius 1 is 0.500 bits per heavy atom. The Morgan fingerprint density at radius 2 is 0.850 bits per heavy atom. The molecule has 0 amide bonds. The van der Waals surface area contributed by atoms with Gasteiger partial charge in [-0.15, -0.1) is 0 Å². The molecule has 0 nitrogen and oxygen atoms in total. The van der Waals surface area contributed by atoms with Gasteiger partial charge in [-0.1, -0.05) is 54.6 Å². The molecule has 3 heterocycles. The van der Waals surface area contributed by atoms with Gasteiger partial charge in [0.1, 0.15) is 15.9 Å². The summed E-state index contributed by atoms with van der Waals surface area (Å²) in [5.41, 5.74) is 4.62. The first-order chi connectivity index (χ1) is 9.95. The van der Waals surface area contributed by atoms with Crippen molar-refractivity contribution in [2.45, 2.75) is 5.92 Å². The Balaban J connectivity index is 1.93. The van der Waals surface area contributed by atoms with Crippen LogP contribution in [0.2, 0.25) is 0 Å². The zero-order valence-corrected chi connectivity index (χ0v) is 12.0. The Kier molecular flexibility index (Phi) is 2.06. The lowest BCUT2D eigenvalue weighted by atomic mass is 9.84. The lowest BCUT2D eigenvalue weighted by molar-refractivity contribution is 0.988. The third kappa shape index (κ3) is 1.21. The van der Waals surface area contributed by atoms with Gasteiger partial charge in [-0.2, -0.15) is 0 Å². The first-order valence-electron chi connectivity index (χ1n) is 7.10. The number of hydrogen-bond donors (Lipinski definition) is 0. The third-order valence-corrected chi connectivity index (χ3v) is 7.61. The van der Waals surface area contributed by atoms with Crippen molar-refractivity contribution in [3.63, 3.8) is 0 Å². The molecule has 20 heavy (non-hydrogen) atoms. The second kappa shape index (κ2) is 3.81. The molecule has 0 fully saturated rings. The maximum absolute atomic E-state index is 2.35. The van der Waals surface area contributed by atoms with E-state index in [1.807, 2.05) is 0 Å². The van der Waals surface area contributed by atoms with Gasteiger partial charge in [-0.3, -0.25) is 0 Å². The topological polar surface area (TPSA) is 0 Å². The molecule has 0 unspecified atom stereocenters. The van der Waals surface area contributed by atoms with Gasteiger partial charge >= 0.3 is 0 Å². The Bertz CT molecular complexity index is 653. The molecule has 0 aromatic heterocycles. The monoisotopic (exact) mass is 273 g/mol. The molecule has 6 rings (SSSR count). The Labute approximate surface area is 119 Å². The lowest BCUT2D eigenvalue weighted by Gasteiger charge is -2.35. The summed E-state index contributed by atoms with van der Waals surface area (Å²) in [6.07, 6.45) is 0. The van der Waals surface area contributed by atoms with Gasteiger partial charge in [-0.05, 0) is 18.2 Å². The second-order valence-electron chi connectivity index (χ2n) is 5.57. The molecule has 0 radical (unpaired) electrons. The molecular formula is C19H14P+. The average Bonchev–Trinajstić information content (AvgIpc) is 2.54. The first kappa shape index (κ1) is 10.8. The van der Waals surface area contributed by atoms with Crippen LogP contribution in [0, 0.1) is 0 Å². The molecule has 0 spiro atoms. The maximum atomic E-state index is 2.35. The summed E-state index contributed by atoms with van der Waals surface area (Å²) in [5.74, 6) is 0.445. The van der Waals surface area contributed by atoms with Crippen LogP contribution in [0.1, 0.15) is 22.6 Å². The van der Waals surface area contributed by atoms with Gasteiger partial charge < -0.3 is 0 Å². The van der Waals surface area contributed by atoms with Gasteiger partial charge in [0.15, 0.2) is 0 Å². The smallest absolute Gasteiger partial charge is 0.0617 e. The normalized spacial score (nSPS) is 21.0. The summed E-state index contributed by atoms with van der Waals surface area (Å²) in [5, 5.41) is 4.79. The summed E-state index contributed by atoms with van der Waals surface area (Å²) in [4.78, 5) is 0. The molecule has 3 aromatic rings. The summed E-state index contributed by atoms with van der Waals surface area (Å²) in [7, 11) is -0.792. The molecule has 3 aliphatic rings. The quantitative estimate of drug-likeness (QED) is 0.380. The maximum Gasteiger partial charge on any atom is 0.106 e. The van der Waals surface area contributed by atoms with Gasteiger partial charge in [0.2, 0.25) is 0 Å². The van der Waals surface area contributed by atoms with Crippen LogP contribution >= 0.6 is 7.92 Å². The average molecular weight is 273 g/mol. The van der Waals surface area contributed by atoms with Crippen molar-refractivity contribution in [3.05, 3.63) is 89.5 Å². The Morgan fingerprint density at radius 3 is 1.25 bits per heavy atom. The number of benzene rings is 3. The van der Waals surface area contributed by atoms with Gasteiger partial charge in [0, 0.05) is 22.6 Å².